The molecular weight excluding hydrogens is 537 g/mol. The smallest absolute Gasteiger partial charge is 0.432 e. The van der Waals surface area contributed by atoms with E-state index in [1.54, 1.807) is 12.1 Å². The second-order valence-electron chi connectivity index (χ2n) is 9.92. The molecule has 0 bridgehead atoms. The Morgan fingerprint density at radius 3 is 1.98 bits per heavy atom. The first kappa shape index (κ1) is 29.5. The van der Waals surface area contributed by atoms with Crippen molar-refractivity contribution in [1.29, 1.82) is 0 Å². The van der Waals surface area contributed by atoms with Crippen molar-refractivity contribution in [2.75, 3.05) is 6.67 Å². The summed E-state index contributed by atoms with van der Waals surface area (Å²) in [5.74, 6) is -6.91. The lowest BCUT2D eigenvalue weighted by Gasteiger charge is -2.28. The van der Waals surface area contributed by atoms with E-state index in [9.17, 15) is 30.7 Å². The Hall–Kier alpha value is -3.49. The first-order valence-electron chi connectivity index (χ1n) is 13.2. The van der Waals surface area contributed by atoms with Crippen molar-refractivity contribution in [3.05, 3.63) is 95.3 Å². The predicted molar refractivity (Wildman–Crippen MR) is 138 cm³/mol. The Bertz CT molecular complexity index is 1280. The lowest BCUT2D eigenvalue weighted by molar-refractivity contribution is -0.189. The predicted octanol–water partition coefficient (Wildman–Crippen LogP) is 9.97. The van der Waals surface area contributed by atoms with Crippen LogP contribution in [0.3, 0.4) is 0 Å². The van der Waals surface area contributed by atoms with E-state index in [0.29, 0.717) is 29.9 Å². The number of hydrogen-bond donors (Lipinski definition) is 0. The quantitative estimate of drug-likeness (QED) is 0.180. The third-order valence-corrected chi connectivity index (χ3v) is 7.18. The zero-order chi connectivity index (χ0) is 28.9. The standard InChI is InChI=1S/C31H29F7O2/c1-2-4-19-5-7-20(8-6-19)21-9-11-22(12-10-21)23-15-25(33)29(26(34)16-23)31(37,38)40-24-17-27(35)30(28(36)18-24)39-14-3-13-32/h3,9-12,14-20H,2,4-8,13H2,1H3/b14-3+. The molecule has 40 heavy (non-hydrogen) atoms. The minimum atomic E-state index is -4.61. The Morgan fingerprint density at radius 2 is 1.43 bits per heavy atom. The molecule has 1 aliphatic carbocycles. The van der Waals surface area contributed by atoms with Crippen LogP contribution in [0.15, 0.2) is 60.9 Å². The summed E-state index contributed by atoms with van der Waals surface area (Å²) in [5.41, 5.74) is -0.0829. The molecule has 2 nitrogen and oxygen atoms in total. The molecule has 0 amide bonds. The van der Waals surface area contributed by atoms with Crippen LogP contribution < -0.4 is 9.47 Å². The lowest BCUT2D eigenvalue weighted by Crippen LogP contribution is -2.25. The molecule has 0 aliphatic heterocycles. The van der Waals surface area contributed by atoms with Crippen LogP contribution in [0, 0.1) is 29.2 Å². The van der Waals surface area contributed by atoms with Gasteiger partial charge in [-0.3, -0.25) is 0 Å². The zero-order valence-corrected chi connectivity index (χ0v) is 21.8. The van der Waals surface area contributed by atoms with Crippen molar-refractivity contribution in [3.63, 3.8) is 0 Å². The summed E-state index contributed by atoms with van der Waals surface area (Å²) in [7, 11) is 0. The number of hydrogen-bond acceptors (Lipinski definition) is 2. The van der Waals surface area contributed by atoms with Crippen LogP contribution in [0.1, 0.15) is 62.5 Å². The highest BCUT2D eigenvalue weighted by molar-refractivity contribution is 5.64. The van der Waals surface area contributed by atoms with Crippen LogP contribution in [0.2, 0.25) is 0 Å². The third-order valence-electron chi connectivity index (χ3n) is 7.18. The highest BCUT2D eigenvalue weighted by atomic mass is 19.3. The molecule has 0 heterocycles. The molecule has 0 aromatic heterocycles. The van der Waals surface area contributed by atoms with Crippen LogP contribution in [0.5, 0.6) is 11.5 Å². The maximum absolute atomic E-state index is 14.9. The normalized spacial score (nSPS) is 17.8. The van der Waals surface area contributed by atoms with E-state index in [1.165, 1.54) is 25.7 Å². The molecule has 0 radical (unpaired) electrons. The average molecular weight is 567 g/mol. The molecule has 0 spiro atoms. The van der Waals surface area contributed by atoms with Gasteiger partial charge < -0.3 is 9.47 Å². The van der Waals surface area contributed by atoms with E-state index < -0.39 is 53.1 Å². The molecule has 0 N–H and O–H groups in total. The van der Waals surface area contributed by atoms with Gasteiger partial charge in [0.1, 0.15) is 29.6 Å². The van der Waals surface area contributed by atoms with E-state index in [0.717, 1.165) is 42.5 Å². The second-order valence-corrected chi connectivity index (χ2v) is 9.92. The molecule has 0 unspecified atom stereocenters. The molecule has 3 aromatic carbocycles. The van der Waals surface area contributed by atoms with Crippen molar-refractivity contribution in [3.8, 4) is 22.6 Å². The fraction of sp³-hybridized carbons (Fsp3) is 0.355. The summed E-state index contributed by atoms with van der Waals surface area (Å²) >= 11 is 0. The molecule has 9 heteroatoms. The van der Waals surface area contributed by atoms with Gasteiger partial charge in [0.25, 0.3) is 0 Å². The Morgan fingerprint density at radius 1 is 0.825 bits per heavy atom. The number of ether oxygens (including phenoxy) is 2. The highest BCUT2D eigenvalue weighted by Gasteiger charge is 2.41. The highest BCUT2D eigenvalue weighted by Crippen LogP contribution is 2.40. The molecule has 1 saturated carbocycles. The molecule has 4 rings (SSSR count). The van der Waals surface area contributed by atoms with Crippen molar-refractivity contribution >= 4 is 0 Å². The number of benzene rings is 3. The van der Waals surface area contributed by atoms with Gasteiger partial charge in [-0.15, -0.1) is 0 Å². The van der Waals surface area contributed by atoms with Gasteiger partial charge in [0.2, 0.25) is 0 Å². The van der Waals surface area contributed by atoms with Gasteiger partial charge in [0, 0.05) is 12.1 Å². The number of alkyl halides is 3. The SMILES string of the molecule is CCCC1CCC(c2ccc(-c3cc(F)c(C(F)(F)Oc4cc(F)c(O/C=C/CF)c(F)c4)c(F)c3)cc2)CC1. The fourth-order valence-corrected chi connectivity index (χ4v) is 5.22. The van der Waals surface area contributed by atoms with Crippen LogP contribution in [-0.2, 0) is 6.11 Å². The minimum absolute atomic E-state index is 0.0488. The minimum Gasteiger partial charge on any atom is -0.459 e. The van der Waals surface area contributed by atoms with Crippen LogP contribution in [0.4, 0.5) is 30.7 Å². The van der Waals surface area contributed by atoms with E-state index in [2.05, 4.69) is 16.4 Å². The monoisotopic (exact) mass is 566 g/mol. The van der Waals surface area contributed by atoms with Crippen molar-refractivity contribution in [2.24, 2.45) is 5.92 Å². The van der Waals surface area contributed by atoms with Crippen molar-refractivity contribution in [2.45, 2.75) is 57.5 Å². The van der Waals surface area contributed by atoms with Crippen molar-refractivity contribution in [1.82, 2.24) is 0 Å². The maximum atomic E-state index is 14.9. The van der Waals surface area contributed by atoms with E-state index in [-0.39, 0.29) is 5.56 Å². The van der Waals surface area contributed by atoms with Crippen LogP contribution >= 0.6 is 0 Å². The van der Waals surface area contributed by atoms with Crippen LogP contribution in [-0.4, -0.2) is 6.67 Å². The van der Waals surface area contributed by atoms with E-state index in [1.807, 2.05) is 12.1 Å². The molecule has 0 atom stereocenters. The Kier molecular flexibility index (Phi) is 9.43. The molecule has 214 valence electrons. The summed E-state index contributed by atoms with van der Waals surface area (Å²) in [6, 6.07) is 9.43. The van der Waals surface area contributed by atoms with Gasteiger partial charge in [-0.05, 0) is 72.4 Å². The summed E-state index contributed by atoms with van der Waals surface area (Å²) in [6.07, 6.45) is 3.80. The maximum Gasteiger partial charge on any atom is 0.432 e. The van der Waals surface area contributed by atoms with Gasteiger partial charge in [0.15, 0.2) is 17.4 Å². The first-order valence-corrected chi connectivity index (χ1v) is 13.2. The average Bonchev–Trinajstić information content (AvgIpc) is 2.90. The lowest BCUT2D eigenvalue weighted by atomic mass is 9.77. The zero-order valence-electron chi connectivity index (χ0n) is 21.8. The number of allylic oxidation sites excluding steroid dienone is 1. The second kappa shape index (κ2) is 12.8. The van der Waals surface area contributed by atoms with Crippen LogP contribution in [0.25, 0.3) is 11.1 Å². The van der Waals surface area contributed by atoms with Gasteiger partial charge in [-0.25, -0.2) is 22.0 Å². The first-order chi connectivity index (χ1) is 19.1. The molecule has 1 aliphatic rings. The summed E-state index contributed by atoms with van der Waals surface area (Å²) < 4.78 is 109. The Labute approximate surface area is 228 Å². The van der Waals surface area contributed by atoms with Gasteiger partial charge in [-0.2, -0.15) is 8.78 Å². The number of rotatable bonds is 10. The largest absolute Gasteiger partial charge is 0.459 e. The number of halogens is 7. The Balaban J connectivity index is 1.50. The summed E-state index contributed by atoms with van der Waals surface area (Å²) in [6.45, 7) is 1.23. The third kappa shape index (κ3) is 6.80. The van der Waals surface area contributed by atoms with Crippen molar-refractivity contribution < 1.29 is 40.2 Å². The molecule has 0 saturated heterocycles. The van der Waals surface area contributed by atoms with E-state index >= 15 is 0 Å². The molecular formula is C31H29F7O2. The molecule has 3 aromatic rings. The summed E-state index contributed by atoms with van der Waals surface area (Å²) in [4.78, 5) is 0. The summed E-state index contributed by atoms with van der Waals surface area (Å²) in [5, 5.41) is 0. The van der Waals surface area contributed by atoms with Gasteiger partial charge in [0.05, 0.1) is 6.26 Å². The van der Waals surface area contributed by atoms with Gasteiger partial charge in [-0.1, -0.05) is 44.0 Å². The van der Waals surface area contributed by atoms with E-state index in [4.69, 9.17) is 0 Å². The fourth-order valence-electron chi connectivity index (χ4n) is 5.22. The molecule has 1 fully saturated rings. The van der Waals surface area contributed by atoms with Gasteiger partial charge >= 0.3 is 6.11 Å². The topological polar surface area (TPSA) is 18.5 Å².